The monoisotopic (exact) mass is 657 g/mol. The van der Waals surface area contributed by atoms with Crippen LogP contribution in [-0.2, 0) is 15.8 Å². The number of benzene rings is 2. The zero-order valence-electron chi connectivity index (χ0n) is 27.8. The van der Waals surface area contributed by atoms with E-state index in [4.69, 9.17) is 15.5 Å². The average Bonchev–Trinajstić information content (AvgIpc) is 3.37. The van der Waals surface area contributed by atoms with Gasteiger partial charge in [0.1, 0.15) is 34.9 Å². The third-order valence-corrected chi connectivity index (χ3v) is 8.74. The minimum Gasteiger partial charge on any atom is -0.489 e. The Morgan fingerprint density at radius 2 is 1.73 bits per heavy atom. The molecule has 5 rings (SSSR count). The van der Waals surface area contributed by atoms with Crippen LogP contribution in [0.1, 0.15) is 73.4 Å². The van der Waals surface area contributed by atoms with Crippen LogP contribution in [0.5, 0.6) is 5.75 Å². The molecule has 2 aromatic carbocycles. The molecular formula is C36H40FN5O6. The Kier molecular flexibility index (Phi) is 9.02. The number of amides is 3. The Morgan fingerprint density at radius 1 is 1.04 bits per heavy atom. The Hall–Kier alpha value is -4.94. The molecule has 2 aromatic heterocycles. The Balaban J connectivity index is 1.46. The highest BCUT2D eigenvalue weighted by molar-refractivity contribution is 6.06. The van der Waals surface area contributed by atoms with E-state index in [1.165, 1.54) is 31.2 Å². The lowest BCUT2D eigenvalue weighted by Gasteiger charge is -2.26. The molecule has 0 saturated carbocycles. The molecule has 0 fully saturated rings. The molecule has 0 spiro atoms. The molecule has 3 heterocycles. The van der Waals surface area contributed by atoms with E-state index in [2.05, 4.69) is 15.6 Å². The number of nitrogens with two attached hydrogens (primary N) is 1. The van der Waals surface area contributed by atoms with E-state index in [1.807, 2.05) is 19.9 Å². The second-order valence-corrected chi connectivity index (χ2v) is 13.5. The lowest BCUT2D eigenvalue weighted by molar-refractivity contribution is -0.123. The zero-order chi connectivity index (χ0) is 35.2. The highest BCUT2D eigenvalue weighted by Gasteiger charge is 2.45. The SMILES string of the molecule is Cc1cc2cc(C(=O)CC[C@](C)(O)c3cc4c(c(-c5ccc(F)cc5)n3)OC[C@]4(C)C(N)=O)cc(NC(=O)NCC(C)(C)O)c2nc1C. The van der Waals surface area contributed by atoms with Gasteiger partial charge in [-0.05, 0) is 102 Å². The molecule has 252 valence electrons. The number of aliphatic hydroxyl groups is 2. The molecular weight excluding hydrogens is 617 g/mol. The fraction of sp³-hybridized carbons (Fsp3) is 0.361. The van der Waals surface area contributed by atoms with Gasteiger partial charge >= 0.3 is 6.03 Å². The predicted molar refractivity (Wildman–Crippen MR) is 179 cm³/mol. The van der Waals surface area contributed by atoms with Crippen molar-refractivity contribution in [1.82, 2.24) is 15.3 Å². The summed E-state index contributed by atoms with van der Waals surface area (Å²) in [5, 5.41) is 27.8. The first-order valence-electron chi connectivity index (χ1n) is 15.6. The molecule has 12 heteroatoms. The minimum atomic E-state index is -1.65. The van der Waals surface area contributed by atoms with Gasteiger partial charge in [0.15, 0.2) is 5.78 Å². The van der Waals surface area contributed by atoms with Crippen molar-refractivity contribution in [3.63, 3.8) is 0 Å². The first kappa shape index (κ1) is 34.4. The lowest BCUT2D eigenvalue weighted by atomic mass is 9.81. The van der Waals surface area contributed by atoms with Crippen LogP contribution in [0.15, 0.2) is 48.5 Å². The van der Waals surface area contributed by atoms with Crippen molar-refractivity contribution in [3.05, 3.63) is 82.4 Å². The minimum absolute atomic E-state index is 0.000352. The van der Waals surface area contributed by atoms with E-state index in [-0.39, 0.29) is 37.5 Å². The van der Waals surface area contributed by atoms with E-state index in [9.17, 15) is 29.0 Å². The Labute approximate surface area is 277 Å². The Morgan fingerprint density at radius 3 is 2.38 bits per heavy atom. The van der Waals surface area contributed by atoms with E-state index in [0.717, 1.165) is 11.3 Å². The van der Waals surface area contributed by atoms with Crippen LogP contribution < -0.4 is 21.1 Å². The fourth-order valence-corrected chi connectivity index (χ4v) is 5.50. The summed E-state index contributed by atoms with van der Waals surface area (Å²) >= 11 is 0. The van der Waals surface area contributed by atoms with Gasteiger partial charge < -0.3 is 31.3 Å². The summed E-state index contributed by atoms with van der Waals surface area (Å²) in [5.74, 6) is -1.04. The third kappa shape index (κ3) is 6.99. The molecule has 4 aromatic rings. The number of primary amides is 1. The molecule has 1 aliphatic heterocycles. The number of nitrogens with one attached hydrogen (secondary N) is 2. The third-order valence-electron chi connectivity index (χ3n) is 8.74. The number of aromatic nitrogens is 2. The van der Waals surface area contributed by atoms with Gasteiger partial charge in [-0.1, -0.05) is 0 Å². The van der Waals surface area contributed by atoms with Crippen molar-refractivity contribution in [1.29, 1.82) is 0 Å². The maximum atomic E-state index is 13.8. The standard InChI is InChI=1S/C36H40FN5O6/c1-19-13-23-14-22(15-26(29(23)40-20(19)2)41-33(45)39-17-34(3,4)46)27(43)11-12-36(6,47)28-16-25-31(48-18-35(25,5)32(38)44)30(42-28)21-7-9-24(37)10-8-21/h7-10,13-16,46-47H,11-12,17-18H2,1-6H3,(H2,38,44)(H2,39,41,45)/t35-,36-/m0/s1. The molecule has 0 radical (unpaired) electrons. The summed E-state index contributed by atoms with van der Waals surface area (Å²) in [7, 11) is 0. The van der Waals surface area contributed by atoms with Crippen molar-refractivity contribution < 1.29 is 33.7 Å². The first-order chi connectivity index (χ1) is 22.4. The quantitative estimate of drug-likeness (QED) is 0.149. The second-order valence-electron chi connectivity index (χ2n) is 13.5. The molecule has 0 unspecified atom stereocenters. The number of fused-ring (bicyclic) bond motifs is 2. The van der Waals surface area contributed by atoms with Gasteiger partial charge in [-0.2, -0.15) is 0 Å². The van der Waals surface area contributed by atoms with E-state index >= 15 is 0 Å². The molecule has 6 N–H and O–H groups in total. The number of carbonyl (C=O) groups is 3. The van der Waals surface area contributed by atoms with Gasteiger partial charge in [-0.15, -0.1) is 0 Å². The molecule has 2 atom stereocenters. The summed E-state index contributed by atoms with van der Waals surface area (Å²) < 4.78 is 19.6. The summed E-state index contributed by atoms with van der Waals surface area (Å²) in [4.78, 5) is 48.3. The fourth-order valence-electron chi connectivity index (χ4n) is 5.50. The number of ether oxygens (including phenoxy) is 1. The number of Topliss-reactive ketones (excluding diaryl/α,β-unsaturated/α-hetero) is 1. The summed E-state index contributed by atoms with van der Waals surface area (Å²) in [6.45, 7) is 10.0. The van der Waals surface area contributed by atoms with E-state index < -0.39 is 34.4 Å². The van der Waals surface area contributed by atoms with Gasteiger partial charge in [0.05, 0.1) is 22.5 Å². The van der Waals surface area contributed by atoms with Crippen molar-refractivity contribution in [2.24, 2.45) is 5.73 Å². The number of ketones is 1. The first-order valence-corrected chi connectivity index (χ1v) is 15.6. The number of anilines is 1. The second kappa shape index (κ2) is 12.6. The number of hydrogen-bond donors (Lipinski definition) is 5. The van der Waals surface area contributed by atoms with E-state index in [0.29, 0.717) is 44.7 Å². The molecule has 0 saturated heterocycles. The van der Waals surface area contributed by atoms with Crippen molar-refractivity contribution in [2.75, 3.05) is 18.5 Å². The predicted octanol–water partition coefficient (Wildman–Crippen LogP) is 4.95. The van der Waals surface area contributed by atoms with Gasteiger partial charge in [0.2, 0.25) is 5.91 Å². The van der Waals surface area contributed by atoms with Crippen LogP contribution >= 0.6 is 0 Å². The maximum absolute atomic E-state index is 13.8. The summed E-state index contributed by atoms with van der Waals surface area (Å²) in [5.41, 5.74) is 6.01. The number of hydrogen-bond acceptors (Lipinski definition) is 8. The largest absolute Gasteiger partial charge is 0.489 e. The van der Waals surface area contributed by atoms with Crippen LogP contribution in [0, 0.1) is 19.7 Å². The lowest BCUT2D eigenvalue weighted by Crippen LogP contribution is -2.40. The van der Waals surface area contributed by atoms with E-state index in [1.54, 1.807) is 39.0 Å². The average molecular weight is 658 g/mol. The van der Waals surface area contributed by atoms with Crippen LogP contribution in [0.4, 0.5) is 14.9 Å². The molecule has 48 heavy (non-hydrogen) atoms. The molecule has 0 aliphatic carbocycles. The van der Waals surface area contributed by atoms with Crippen LogP contribution in [0.2, 0.25) is 0 Å². The smallest absolute Gasteiger partial charge is 0.319 e. The molecule has 1 aliphatic rings. The van der Waals surface area contributed by atoms with Crippen molar-refractivity contribution in [2.45, 2.75) is 71.0 Å². The highest BCUT2D eigenvalue weighted by atomic mass is 19.1. The molecule has 0 bridgehead atoms. The topological polar surface area (TPSA) is 177 Å². The van der Waals surface area contributed by atoms with Gasteiger partial charge in [-0.3, -0.25) is 14.6 Å². The number of aryl methyl sites for hydroxylation is 2. The molecule has 11 nitrogen and oxygen atoms in total. The van der Waals surface area contributed by atoms with Crippen LogP contribution in [0.3, 0.4) is 0 Å². The highest BCUT2D eigenvalue weighted by Crippen LogP contribution is 2.46. The van der Waals surface area contributed by atoms with Crippen molar-refractivity contribution in [3.8, 4) is 17.0 Å². The maximum Gasteiger partial charge on any atom is 0.319 e. The van der Waals surface area contributed by atoms with Gasteiger partial charge in [0, 0.05) is 40.7 Å². The number of halogens is 1. The Bertz CT molecular complexity index is 1940. The number of rotatable bonds is 10. The number of pyridine rings is 2. The number of urea groups is 1. The van der Waals surface area contributed by atoms with Crippen LogP contribution in [-0.4, -0.2) is 56.7 Å². The summed E-state index contributed by atoms with van der Waals surface area (Å²) in [6.07, 6.45) is -0.151. The van der Waals surface area contributed by atoms with Gasteiger partial charge in [0.25, 0.3) is 0 Å². The summed E-state index contributed by atoms with van der Waals surface area (Å²) in [6, 6.07) is 11.7. The number of nitrogens with zero attached hydrogens (tertiary/aromatic N) is 2. The van der Waals surface area contributed by atoms with Crippen molar-refractivity contribution >= 4 is 34.3 Å². The normalized spacial score (nSPS) is 16.9. The van der Waals surface area contributed by atoms with Crippen LogP contribution in [0.25, 0.3) is 22.2 Å². The molecule has 3 amide bonds. The number of carbonyl (C=O) groups excluding carboxylic acids is 3. The zero-order valence-corrected chi connectivity index (χ0v) is 27.8. The van der Waals surface area contributed by atoms with Gasteiger partial charge in [-0.25, -0.2) is 14.2 Å².